The van der Waals surface area contributed by atoms with E-state index in [2.05, 4.69) is 4.98 Å². The fraction of sp³-hybridized carbons (Fsp3) is 0.118. The Balaban J connectivity index is 2.04. The number of benzene rings is 2. The second kappa shape index (κ2) is 6.89. The van der Waals surface area contributed by atoms with E-state index in [9.17, 15) is 8.78 Å². The van der Waals surface area contributed by atoms with Crippen LogP contribution in [-0.4, -0.2) is 9.55 Å². The SMILES string of the molecule is NCc1c(-c2ccc(F)cc2Cl)ncn1Cc1c(F)cccc1Cl. The first-order valence-electron chi connectivity index (χ1n) is 7.13. The van der Waals surface area contributed by atoms with E-state index >= 15 is 0 Å². The summed E-state index contributed by atoms with van der Waals surface area (Å²) in [7, 11) is 0. The van der Waals surface area contributed by atoms with Crippen LogP contribution in [0.1, 0.15) is 11.3 Å². The van der Waals surface area contributed by atoms with Gasteiger partial charge in [-0.25, -0.2) is 13.8 Å². The van der Waals surface area contributed by atoms with Gasteiger partial charge in [0.15, 0.2) is 0 Å². The summed E-state index contributed by atoms with van der Waals surface area (Å²) in [6.45, 7) is 0.346. The fourth-order valence-corrected chi connectivity index (χ4v) is 3.00. The second-order valence-corrected chi connectivity index (χ2v) is 6.01. The van der Waals surface area contributed by atoms with Crippen LogP contribution in [0.25, 0.3) is 11.3 Å². The maximum absolute atomic E-state index is 14.0. The van der Waals surface area contributed by atoms with Crippen LogP contribution < -0.4 is 5.73 Å². The number of rotatable bonds is 4. The fourth-order valence-electron chi connectivity index (χ4n) is 2.52. The van der Waals surface area contributed by atoms with Crippen molar-refractivity contribution >= 4 is 23.2 Å². The van der Waals surface area contributed by atoms with Gasteiger partial charge < -0.3 is 10.3 Å². The standard InChI is InChI=1S/C17H13Cl2F2N3/c18-13-2-1-3-15(21)12(13)8-24-9-23-17(16(24)7-22)11-5-4-10(20)6-14(11)19/h1-6,9H,7-8,22H2. The molecule has 0 aliphatic rings. The lowest BCUT2D eigenvalue weighted by atomic mass is 10.1. The molecular weight excluding hydrogens is 355 g/mol. The normalized spacial score (nSPS) is 11.0. The van der Waals surface area contributed by atoms with Crippen LogP contribution >= 0.6 is 23.2 Å². The molecule has 3 nitrogen and oxygen atoms in total. The molecule has 2 N–H and O–H groups in total. The lowest BCUT2D eigenvalue weighted by Gasteiger charge is -2.11. The van der Waals surface area contributed by atoms with E-state index in [0.717, 1.165) is 0 Å². The maximum Gasteiger partial charge on any atom is 0.129 e. The lowest BCUT2D eigenvalue weighted by molar-refractivity contribution is 0.595. The molecule has 0 amide bonds. The van der Waals surface area contributed by atoms with E-state index < -0.39 is 11.6 Å². The van der Waals surface area contributed by atoms with Gasteiger partial charge in [-0.05, 0) is 30.3 Å². The van der Waals surface area contributed by atoms with Crippen molar-refractivity contribution in [1.82, 2.24) is 9.55 Å². The van der Waals surface area contributed by atoms with Crippen LogP contribution in [0.3, 0.4) is 0 Å². The average Bonchev–Trinajstić information content (AvgIpc) is 2.93. The molecule has 0 aliphatic heterocycles. The molecule has 3 aromatic rings. The van der Waals surface area contributed by atoms with Crippen molar-refractivity contribution in [3.8, 4) is 11.3 Å². The number of nitrogens with two attached hydrogens (primary N) is 1. The van der Waals surface area contributed by atoms with Gasteiger partial charge >= 0.3 is 0 Å². The summed E-state index contributed by atoms with van der Waals surface area (Å²) in [5.74, 6) is -0.837. The molecule has 0 saturated carbocycles. The summed E-state index contributed by atoms with van der Waals surface area (Å²) < 4.78 is 28.9. The Morgan fingerprint density at radius 3 is 2.54 bits per heavy atom. The van der Waals surface area contributed by atoms with Crippen LogP contribution in [0, 0.1) is 11.6 Å². The number of halogens is 4. The van der Waals surface area contributed by atoms with Crippen molar-refractivity contribution in [1.29, 1.82) is 0 Å². The molecule has 0 radical (unpaired) electrons. The summed E-state index contributed by atoms with van der Waals surface area (Å²) >= 11 is 12.2. The van der Waals surface area contributed by atoms with Gasteiger partial charge in [-0.15, -0.1) is 0 Å². The van der Waals surface area contributed by atoms with Crippen LogP contribution in [-0.2, 0) is 13.1 Å². The van der Waals surface area contributed by atoms with Gasteiger partial charge in [0.25, 0.3) is 0 Å². The number of aromatic nitrogens is 2. The van der Waals surface area contributed by atoms with Crippen LogP contribution in [0.4, 0.5) is 8.78 Å². The Morgan fingerprint density at radius 2 is 1.88 bits per heavy atom. The van der Waals surface area contributed by atoms with E-state index in [1.54, 1.807) is 29.1 Å². The second-order valence-electron chi connectivity index (χ2n) is 5.20. The zero-order valence-corrected chi connectivity index (χ0v) is 14.0. The van der Waals surface area contributed by atoms with Gasteiger partial charge in [-0.1, -0.05) is 29.3 Å². The third kappa shape index (κ3) is 3.15. The summed E-state index contributed by atoms with van der Waals surface area (Å²) in [6.07, 6.45) is 1.54. The van der Waals surface area contributed by atoms with Crippen LogP contribution in [0.15, 0.2) is 42.7 Å². The number of imidazole rings is 1. The minimum Gasteiger partial charge on any atom is -0.328 e. The molecule has 3 rings (SSSR count). The van der Waals surface area contributed by atoms with Gasteiger partial charge in [0.2, 0.25) is 0 Å². The largest absolute Gasteiger partial charge is 0.328 e. The summed E-state index contributed by atoms with van der Waals surface area (Å²) in [5, 5.41) is 0.562. The van der Waals surface area contributed by atoms with Gasteiger partial charge in [0.05, 0.1) is 29.3 Å². The Hall–Kier alpha value is -1.95. The molecule has 1 heterocycles. The van der Waals surface area contributed by atoms with Gasteiger partial charge in [-0.3, -0.25) is 0 Å². The minimum absolute atomic E-state index is 0.162. The quantitative estimate of drug-likeness (QED) is 0.729. The highest BCUT2D eigenvalue weighted by atomic mass is 35.5. The molecular formula is C17H13Cl2F2N3. The predicted octanol–water partition coefficient (Wildman–Crippen LogP) is 4.64. The van der Waals surface area contributed by atoms with Crippen molar-refractivity contribution < 1.29 is 8.78 Å². The van der Waals surface area contributed by atoms with Crippen molar-refractivity contribution in [2.24, 2.45) is 5.73 Å². The van der Waals surface area contributed by atoms with Gasteiger partial charge in [0, 0.05) is 22.7 Å². The number of hydrogen-bond donors (Lipinski definition) is 1. The first kappa shape index (κ1) is 16.9. The highest BCUT2D eigenvalue weighted by molar-refractivity contribution is 6.33. The summed E-state index contributed by atoms with van der Waals surface area (Å²) in [4.78, 5) is 4.31. The zero-order chi connectivity index (χ0) is 17.3. The highest BCUT2D eigenvalue weighted by Gasteiger charge is 2.17. The third-order valence-corrected chi connectivity index (χ3v) is 4.38. The molecule has 124 valence electrons. The molecule has 0 aliphatic carbocycles. The van der Waals surface area contributed by atoms with Crippen LogP contribution in [0.2, 0.25) is 10.0 Å². The predicted molar refractivity (Wildman–Crippen MR) is 91.0 cm³/mol. The van der Waals surface area contributed by atoms with E-state index in [0.29, 0.717) is 27.5 Å². The van der Waals surface area contributed by atoms with Crippen molar-refractivity contribution in [3.63, 3.8) is 0 Å². The average molecular weight is 368 g/mol. The van der Waals surface area contributed by atoms with Crippen molar-refractivity contribution in [2.75, 3.05) is 0 Å². The van der Waals surface area contributed by atoms with Gasteiger partial charge in [-0.2, -0.15) is 0 Å². The van der Waals surface area contributed by atoms with Crippen molar-refractivity contribution in [2.45, 2.75) is 13.1 Å². The molecule has 2 aromatic carbocycles. The molecule has 24 heavy (non-hydrogen) atoms. The van der Waals surface area contributed by atoms with E-state index in [1.807, 2.05) is 0 Å². The van der Waals surface area contributed by atoms with Crippen LogP contribution in [0.5, 0.6) is 0 Å². The maximum atomic E-state index is 14.0. The number of hydrogen-bond acceptors (Lipinski definition) is 2. The summed E-state index contributed by atoms with van der Waals surface area (Å²) in [6, 6.07) is 8.56. The zero-order valence-electron chi connectivity index (χ0n) is 12.4. The Morgan fingerprint density at radius 1 is 1.08 bits per heavy atom. The monoisotopic (exact) mass is 367 g/mol. The minimum atomic E-state index is -0.435. The molecule has 0 bridgehead atoms. The molecule has 0 spiro atoms. The lowest BCUT2D eigenvalue weighted by Crippen LogP contribution is -2.10. The smallest absolute Gasteiger partial charge is 0.129 e. The first-order chi connectivity index (χ1) is 11.5. The molecule has 1 aromatic heterocycles. The molecule has 0 unspecified atom stereocenters. The van der Waals surface area contributed by atoms with Gasteiger partial charge in [0.1, 0.15) is 11.6 Å². The molecule has 7 heteroatoms. The third-order valence-electron chi connectivity index (χ3n) is 3.72. The highest BCUT2D eigenvalue weighted by Crippen LogP contribution is 2.31. The number of nitrogens with zero attached hydrogens (tertiary/aromatic N) is 2. The molecule has 0 fully saturated rings. The Bertz CT molecular complexity index is 873. The van der Waals surface area contributed by atoms with E-state index in [4.69, 9.17) is 28.9 Å². The van der Waals surface area contributed by atoms with E-state index in [-0.39, 0.29) is 18.1 Å². The van der Waals surface area contributed by atoms with E-state index in [1.165, 1.54) is 18.2 Å². The topological polar surface area (TPSA) is 43.8 Å². The molecule has 0 saturated heterocycles. The van der Waals surface area contributed by atoms with Crippen molar-refractivity contribution in [3.05, 3.63) is 75.7 Å². The first-order valence-corrected chi connectivity index (χ1v) is 7.89. The Kier molecular flexibility index (Phi) is 4.85. The molecule has 0 atom stereocenters. The summed E-state index contributed by atoms with van der Waals surface area (Å²) in [5.41, 5.74) is 7.95. The Labute approximate surface area is 147 Å².